The molecule has 4 heteroatoms. The Balaban J connectivity index is 1.60. The summed E-state index contributed by atoms with van der Waals surface area (Å²) in [5.74, 6) is 0. The van der Waals surface area contributed by atoms with Gasteiger partial charge in [0.1, 0.15) is 0 Å². The first-order valence-electron chi connectivity index (χ1n) is 7.10. The summed E-state index contributed by atoms with van der Waals surface area (Å²) >= 11 is 1.75. The van der Waals surface area contributed by atoms with Gasteiger partial charge in [-0.1, -0.05) is 19.4 Å². The molecule has 2 heterocycles. The predicted octanol–water partition coefficient (Wildman–Crippen LogP) is 3.81. The first-order chi connectivity index (χ1) is 9.33. The summed E-state index contributed by atoms with van der Waals surface area (Å²) in [5.41, 5.74) is 3.02. The largest absolute Gasteiger partial charge is 0.312 e. The van der Waals surface area contributed by atoms with E-state index in [4.69, 9.17) is 0 Å². The fourth-order valence-electron chi connectivity index (χ4n) is 2.87. The first kappa shape index (κ1) is 12.9. The van der Waals surface area contributed by atoms with Crippen molar-refractivity contribution in [3.8, 4) is 10.6 Å². The molecule has 3 nitrogen and oxygen atoms in total. The molecule has 1 saturated carbocycles. The molecule has 19 heavy (non-hydrogen) atoms. The van der Waals surface area contributed by atoms with Crippen molar-refractivity contribution < 1.29 is 0 Å². The van der Waals surface area contributed by atoms with E-state index in [0.29, 0.717) is 5.41 Å². The van der Waals surface area contributed by atoms with Gasteiger partial charge in [0.05, 0.1) is 16.8 Å². The first-order valence-corrected chi connectivity index (χ1v) is 7.98. The standard InChI is InChI=1S/C15H21N3S/c1-2-15(6-4-7-15)11-16-9-12-10-17-18-14(12)13-5-3-8-19-13/h3,5,8,10,16H,2,4,6-7,9,11H2,1H3,(H,17,18). The fraction of sp³-hybridized carbons (Fsp3) is 0.533. The number of aromatic nitrogens is 2. The van der Waals surface area contributed by atoms with Crippen LogP contribution in [0.25, 0.3) is 10.6 Å². The molecule has 0 spiro atoms. The van der Waals surface area contributed by atoms with E-state index in [-0.39, 0.29) is 0 Å². The predicted molar refractivity (Wildman–Crippen MR) is 80.2 cm³/mol. The Morgan fingerprint density at radius 3 is 3.00 bits per heavy atom. The maximum absolute atomic E-state index is 4.19. The number of nitrogens with one attached hydrogen (secondary N) is 2. The molecule has 3 rings (SSSR count). The summed E-state index contributed by atoms with van der Waals surface area (Å²) < 4.78 is 0. The molecule has 0 unspecified atom stereocenters. The van der Waals surface area contributed by atoms with Crippen LogP contribution in [-0.4, -0.2) is 16.7 Å². The Kier molecular flexibility index (Phi) is 3.71. The quantitative estimate of drug-likeness (QED) is 0.841. The molecule has 0 saturated heterocycles. The van der Waals surface area contributed by atoms with Crippen LogP contribution in [-0.2, 0) is 6.54 Å². The molecule has 1 aliphatic carbocycles. The average Bonchev–Trinajstić information content (AvgIpc) is 3.02. The van der Waals surface area contributed by atoms with Crippen LogP contribution in [0.3, 0.4) is 0 Å². The summed E-state index contributed by atoms with van der Waals surface area (Å²) in [4.78, 5) is 1.27. The molecule has 0 aliphatic heterocycles. The minimum Gasteiger partial charge on any atom is -0.312 e. The van der Waals surface area contributed by atoms with Gasteiger partial charge in [-0.05, 0) is 36.1 Å². The van der Waals surface area contributed by atoms with Crippen molar-refractivity contribution in [2.45, 2.75) is 39.2 Å². The van der Waals surface area contributed by atoms with E-state index < -0.39 is 0 Å². The fourth-order valence-corrected chi connectivity index (χ4v) is 3.63. The third kappa shape index (κ3) is 2.60. The van der Waals surface area contributed by atoms with E-state index in [2.05, 4.69) is 40.0 Å². The van der Waals surface area contributed by atoms with E-state index in [1.165, 1.54) is 41.8 Å². The van der Waals surface area contributed by atoms with E-state index in [9.17, 15) is 0 Å². The highest BCUT2D eigenvalue weighted by Crippen LogP contribution is 2.43. The van der Waals surface area contributed by atoms with Crippen LogP contribution in [0, 0.1) is 5.41 Å². The van der Waals surface area contributed by atoms with Crippen molar-refractivity contribution in [3.63, 3.8) is 0 Å². The van der Waals surface area contributed by atoms with Gasteiger partial charge < -0.3 is 5.32 Å². The Hall–Kier alpha value is -1.13. The average molecular weight is 275 g/mol. The van der Waals surface area contributed by atoms with Gasteiger partial charge in [0.25, 0.3) is 0 Å². The second-order valence-corrected chi connectivity index (χ2v) is 6.51. The van der Waals surface area contributed by atoms with Crippen molar-refractivity contribution in [3.05, 3.63) is 29.3 Å². The lowest BCUT2D eigenvalue weighted by molar-refractivity contribution is 0.124. The van der Waals surface area contributed by atoms with Crippen molar-refractivity contribution in [1.82, 2.24) is 15.5 Å². The van der Waals surface area contributed by atoms with Crippen LogP contribution < -0.4 is 5.32 Å². The molecule has 102 valence electrons. The summed E-state index contributed by atoms with van der Waals surface area (Å²) in [5, 5.41) is 13.0. The van der Waals surface area contributed by atoms with Gasteiger partial charge in [0.15, 0.2) is 0 Å². The molecular formula is C15H21N3S. The summed E-state index contributed by atoms with van der Waals surface area (Å²) in [7, 11) is 0. The molecule has 0 bridgehead atoms. The van der Waals surface area contributed by atoms with Crippen molar-refractivity contribution >= 4 is 11.3 Å². The van der Waals surface area contributed by atoms with Gasteiger partial charge >= 0.3 is 0 Å². The SMILES string of the molecule is CCC1(CNCc2cn[nH]c2-c2cccs2)CCC1. The molecule has 2 N–H and O–H groups in total. The zero-order valence-corrected chi connectivity index (χ0v) is 12.2. The minimum atomic E-state index is 0.576. The van der Waals surface area contributed by atoms with Gasteiger partial charge in [-0.3, -0.25) is 5.10 Å². The minimum absolute atomic E-state index is 0.576. The molecule has 1 fully saturated rings. The van der Waals surface area contributed by atoms with Crippen LogP contribution in [0.2, 0.25) is 0 Å². The highest BCUT2D eigenvalue weighted by molar-refractivity contribution is 7.13. The van der Waals surface area contributed by atoms with Crippen LogP contribution in [0.15, 0.2) is 23.7 Å². The Morgan fingerprint density at radius 2 is 2.37 bits per heavy atom. The van der Waals surface area contributed by atoms with Crippen molar-refractivity contribution in [2.24, 2.45) is 5.41 Å². The van der Waals surface area contributed by atoms with Gasteiger partial charge in [-0.25, -0.2) is 0 Å². The topological polar surface area (TPSA) is 40.7 Å². The second-order valence-electron chi connectivity index (χ2n) is 5.56. The van der Waals surface area contributed by atoms with E-state index >= 15 is 0 Å². The zero-order chi connectivity index (χ0) is 13.1. The number of thiophene rings is 1. The Bertz CT molecular complexity index is 506. The lowest BCUT2D eigenvalue weighted by Crippen LogP contribution is -2.39. The number of rotatable bonds is 6. The van der Waals surface area contributed by atoms with Crippen LogP contribution in [0.5, 0.6) is 0 Å². The van der Waals surface area contributed by atoms with E-state index in [1.807, 2.05) is 6.20 Å². The number of nitrogens with zero attached hydrogens (tertiary/aromatic N) is 1. The molecular weight excluding hydrogens is 254 g/mol. The number of H-pyrrole nitrogens is 1. The Labute approximate surface area is 118 Å². The van der Waals surface area contributed by atoms with Crippen LogP contribution in [0.4, 0.5) is 0 Å². The molecule has 1 aliphatic rings. The monoisotopic (exact) mass is 275 g/mol. The van der Waals surface area contributed by atoms with Gasteiger partial charge in [-0.15, -0.1) is 11.3 Å². The molecule has 0 amide bonds. The van der Waals surface area contributed by atoms with Gasteiger partial charge in [0.2, 0.25) is 0 Å². The van der Waals surface area contributed by atoms with Crippen molar-refractivity contribution in [1.29, 1.82) is 0 Å². The maximum Gasteiger partial charge on any atom is 0.0794 e. The molecule has 0 atom stereocenters. The smallest absolute Gasteiger partial charge is 0.0794 e. The summed E-state index contributed by atoms with van der Waals surface area (Å²) in [6.07, 6.45) is 7.42. The molecule has 0 aromatic carbocycles. The molecule has 0 radical (unpaired) electrons. The molecule has 2 aromatic heterocycles. The van der Waals surface area contributed by atoms with Gasteiger partial charge in [0, 0.05) is 18.7 Å². The lowest BCUT2D eigenvalue weighted by atomic mass is 9.67. The summed E-state index contributed by atoms with van der Waals surface area (Å²) in [6, 6.07) is 4.22. The highest BCUT2D eigenvalue weighted by Gasteiger charge is 2.34. The Morgan fingerprint density at radius 1 is 1.47 bits per heavy atom. The van der Waals surface area contributed by atoms with E-state index in [0.717, 1.165) is 13.1 Å². The number of aromatic amines is 1. The lowest BCUT2D eigenvalue weighted by Gasteiger charge is -2.41. The second kappa shape index (κ2) is 5.47. The maximum atomic E-state index is 4.19. The number of hydrogen-bond acceptors (Lipinski definition) is 3. The normalized spacial score (nSPS) is 17.3. The zero-order valence-electron chi connectivity index (χ0n) is 11.4. The van der Waals surface area contributed by atoms with Crippen LogP contribution >= 0.6 is 11.3 Å². The third-order valence-electron chi connectivity index (χ3n) is 4.47. The highest BCUT2D eigenvalue weighted by atomic mass is 32.1. The summed E-state index contributed by atoms with van der Waals surface area (Å²) in [6.45, 7) is 4.36. The van der Waals surface area contributed by atoms with Gasteiger partial charge in [-0.2, -0.15) is 5.10 Å². The van der Waals surface area contributed by atoms with Crippen molar-refractivity contribution in [2.75, 3.05) is 6.54 Å². The van der Waals surface area contributed by atoms with Crippen LogP contribution in [0.1, 0.15) is 38.2 Å². The third-order valence-corrected chi connectivity index (χ3v) is 5.35. The van der Waals surface area contributed by atoms with E-state index in [1.54, 1.807) is 11.3 Å². The molecule has 2 aromatic rings. The number of hydrogen-bond donors (Lipinski definition) is 2.